The monoisotopic (exact) mass is 2050 g/mol. The Labute approximate surface area is 878 Å². The van der Waals surface area contributed by atoms with Crippen molar-refractivity contribution < 1.29 is 4.42 Å². The van der Waals surface area contributed by atoms with E-state index < -0.39 is 0 Å². The molecule has 9 aromatic heterocycles. The average Bonchev–Trinajstić information content (AvgIpc) is 1.66. The zero-order valence-electron chi connectivity index (χ0n) is 77.1. The normalized spacial score (nSPS) is 11.1. The zero-order chi connectivity index (χ0) is 99.5. The summed E-state index contributed by atoms with van der Waals surface area (Å²) in [5, 5.41) is 15.2. The smallest absolute Gasteiger partial charge is 0.226 e. The molecule has 0 fully saturated rings. The maximum atomic E-state index is 6.23. The van der Waals surface area contributed by atoms with Crippen molar-refractivity contribution in [2.24, 2.45) is 0 Å². The Morgan fingerprint density at radius 2 is 0.395 bits per heavy atom. The summed E-state index contributed by atoms with van der Waals surface area (Å²) in [5.74, 6) is 6.88. The molecule has 702 valence electrons. The maximum Gasteiger partial charge on any atom is 0.226 e. The number of para-hydroxylation sites is 1. The fraction of sp³-hybridized carbons (Fsp3) is 0. The molecule has 0 aliphatic carbocycles. The molecule has 18 aromatic carbocycles. The molecule has 0 saturated carbocycles. The third kappa shape index (κ3) is 21.9. The van der Waals surface area contributed by atoms with E-state index in [4.69, 9.17) is 79.0 Å². The highest BCUT2D eigenvalue weighted by molar-refractivity contribution is 7.26. The minimum atomic E-state index is 0.165. The molecule has 0 atom stereocenters. The van der Waals surface area contributed by atoms with Gasteiger partial charge in [-0.1, -0.05) is 376 Å². The average molecular weight is 2060 g/mol. The lowest BCUT2D eigenvalue weighted by Crippen LogP contribution is -1.97. The quantitative estimate of drug-likeness (QED) is 0.110. The summed E-state index contributed by atoms with van der Waals surface area (Å²) in [5.41, 5.74) is 12.6. The number of rotatable bonds is 12. The SMILES string of the molecule is Clc1nc(-c2ccc3ccccc3c2)nc(-c2ccc3ccccc3c2)n1.Clc1nc(-c2ccccc2)nc(-c2ccc3c(c2)oc2ccccc23)n1.Clc1nc(-c2ccccc2)nc(-c2ccc3c(c2)sc2ccccc23)n1.Clc1nc(-c2ccccc2)nc(-c2ccc3ccccc3c2)n1.Clc1nc(-c2ccccc2)nc(-c2cccc3sc4ccccc4c23)n1.Clc1nc(-c2ccccc2)nc(-c2ccccc2)n1. The Hall–Kier alpha value is -17.2. The van der Waals surface area contributed by atoms with Gasteiger partial charge in [0.2, 0.25) is 31.7 Å². The van der Waals surface area contributed by atoms with Gasteiger partial charge < -0.3 is 4.42 Å². The summed E-state index contributed by atoms with van der Waals surface area (Å²) in [6, 6.07) is 145. The number of hydrogen-bond donors (Lipinski definition) is 0. The molecule has 0 radical (unpaired) electrons. The van der Waals surface area contributed by atoms with Crippen LogP contribution >= 0.6 is 92.3 Å². The molecule has 0 unspecified atom stereocenters. The third-order valence-electron chi connectivity index (χ3n) is 23.8. The van der Waals surface area contributed by atoms with Gasteiger partial charge in [-0.2, -0.15) is 59.8 Å². The van der Waals surface area contributed by atoms with Gasteiger partial charge in [0.1, 0.15) is 11.2 Å². The van der Waals surface area contributed by atoms with Crippen molar-refractivity contribution in [3.8, 4) is 137 Å². The summed E-state index contributed by atoms with van der Waals surface area (Å²) in [6.07, 6.45) is 0. The van der Waals surface area contributed by atoms with Gasteiger partial charge in [-0.15, -0.1) is 22.7 Å². The van der Waals surface area contributed by atoms with Crippen molar-refractivity contribution in [2.75, 3.05) is 0 Å². The predicted molar refractivity (Wildman–Crippen MR) is 600 cm³/mol. The first-order chi connectivity index (χ1) is 72.2. The first-order valence-electron chi connectivity index (χ1n) is 46.3. The van der Waals surface area contributed by atoms with E-state index in [-0.39, 0.29) is 31.7 Å². The van der Waals surface area contributed by atoms with Crippen LogP contribution in [-0.4, -0.2) is 89.7 Å². The van der Waals surface area contributed by atoms with Crippen molar-refractivity contribution >= 4 is 187 Å². The van der Waals surface area contributed by atoms with E-state index in [1.807, 2.05) is 297 Å². The number of benzene rings is 18. The fourth-order valence-electron chi connectivity index (χ4n) is 16.8. The Kier molecular flexibility index (Phi) is 28.0. The van der Waals surface area contributed by atoms with Crippen LogP contribution in [0.15, 0.2) is 441 Å². The van der Waals surface area contributed by atoms with E-state index in [9.17, 15) is 0 Å². The number of hydrogen-bond acceptors (Lipinski definition) is 21. The number of furan rings is 1. The van der Waals surface area contributed by atoms with Crippen LogP contribution in [0.5, 0.6) is 0 Å². The molecule has 0 aliphatic heterocycles. The number of thiophene rings is 2. The number of halogens is 6. The molecule has 0 spiro atoms. The molecule has 0 saturated heterocycles. The molecule has 0 N–H and O–H groups in total. The van der Waals surface area contributed by atoms with Gasteiger partial charge >= 0.3 is 0 Å². The molecule has 27 heteroatoms. The maximum absolute atomic E-state index is 6.23. The number of nitrogens with zero attached hydrogens (tertiary/aromatic N) is 18. The third-order valence-corrected chi connectivity index (χ3v) is 27.1. The lowest BCUT2D eigenvalue weighted by Gasteiger charge is -2.07. The van der Waals surface area contributed by atoms with E-state index in [0.29, 0.717) is 69.9 Å². The van der Waals surface area contributed by atoms with Crippen molar-refractivity contribution in [3.05, 3.63) is 468 Å². The van der Waals surface area contributed by atoms with Gasteiger partial charge in [0.05, 0.1) is 0 Å². The minimum absolute atomic E-state index is 0.165. The molecular formula is C120H72Cl6N18OS2. The molecule has 9 heterocycles. The Bertz CT molecular complexity index is 9160. The van der Waals surface area contributed by atoms with Crippen molar-refractivity contribution in [1.29, 1.82) is 0 Å². The first-order valence-corrected chi connectivity index (χ1v) is 50.2. The highest BCUT2D eigenvalue weighted by Gasteiger charge is 2.21. The second-order valence-electron chi connectivity index (χ2n) is 33.3. The van der Waals surface area contributed by atoms with E-state index in [1.165, 1.54) is 51.1 Å². The largest absolute Gasteiger partial charge is 0.456 e. The molecule has 27 rings (SSSR count). The number of aromatic nitrogens is 18. The zero-order valence-corrected chi connectivity index (χ0v) is 83.3. The molecule has 147 heavy (non-hydrogen) atoms. The van der Waals surface area contributed by atoms with E-state index >= 15 is 0 Å². The van der Waals surface area contributed by atoms with Crippen molar-refractivity contribution in [1.82, 2.24) is 89.7 Å². The minimum Gasteiger partial charge on any atom is -0.456 e. The summed E-state index contributed by atoms with van der Waals surface area (Å²) in [4.78, 5) is 79.1. The molecule has 19 nitrogen and oxygen atoms in total. The van der Waals surface area contributed by atoms with E-state index in [0.717, 1.165) is 110 Å². The summed E-state index contributed by atoms with van der Waals surface area (Å²) >= 11 is 40.4. The van der Waals surface area contributed by atoms with Gasteiger partial charge in [0.15, 0.2) is 69.9 Å². The highest BCUT2D eigenvalue weighted by Crippen LogP contribution is 2.42. The first kappa shape index (κ1) is 94.7. The second-order valence-corrected chi connectivity index (χ2v) is 37.5. The van der Waals surface area contributed by atoms with E-state index in [1.54, 1.807) is 22.7 Å². The van der Waals surface area contributed by atoms with Crippen LogP contribution in [-0.2, 0) is 0 Å². The second kappa shape index (κ2) is 43.5. The van der Waals surface area contributed by atoms with Gasteiger partial charge in [-0.3, -0.25) is 0 Å². The van der Waals surface area contributed by atoms with Crippen LogP contribution in [0.25, 0.3) is 231 Å². The molecule has 0 bridgehead atoms. The Morgan fingerprint density at radius 3 is 0.769 bits per heavy atom. The predicted octanol–water partition coefficient (Wildman–Crippen LogP) is 33.2. The van der Waals surface area contributed by atoms with Gasteiger partial charge in [-0.05, 0) is 163 Å². The van der Waals surface area contributed by atoms with Crippen molar-refractivity contribution in [3.63, 3.8) is 0 Å². The number of fused-ring (bicyclic) bond motifs is 12. The summed E-state index contributed by atoms with van der Waals surface area (Å²) < 4.78 is 10.9. The van der Waals surface area contributed by atoms with Crippen molar-refractivity contribution in [2.45, 2.75) is 0 Å². The van der Waals surface area contributed by atoms with E-state index in [2.05, 4.69) is 224 Å². The summed E-state index contributed by atoms with van der Waals surface area (Å²) in [7, 11) is 0. The molecule has 0 aliphatic rings. The molecule has 0 amide bonds. The van der Waals surface area contributed by atoms with Crippen LogP contribution in [0.3, 0.4) is 0 Å². The molecular weight excluding hydrogens is 1990 g/mol. The fourth-order valence-corrected chi connectivity index (χ4v) is 20.1. The topological polar surface area (TPSA) is 245 Å². The van der Waals surface area contributed by atoms with Crippen LogP contribution in [0, 0.1) is 0 Å². The van der Waals surface area contributed by atoms with Crippen LogP contribution < -0.4 is 0 Å². The van der Waals surface area contributed by atoms with Crippen LogP contribution in [0.2, 0.25) is 31.7 Å². The molecule has 27 aromatic rings. The lowest BCUT2D eigenvalue weighted by atomic mass is 10.1. The lowest BCUT2D eigenvalue weighted by molar-refractivity contribution is 0.669. The van der Waals surface area contributed by atoms with Crippen LogP contribution in [0.4, 0.5) is 0 Å². The Balaban J connectivity index is 0.000000100. The highest BCUT2D eigenvalue weighted by atomic mass is 35.5. The van der Waals surface area contributed by atoms with Gasteiger partial charge in [-0.25, -0.2) is 29.9 Å². The van der Waals surface area contributed by atoms with Gasteiger partial charge in [0, 0.05) is 118 Å². The van der Waals surface area contributed by atoms with Gasteiger partial charge in [0.25, 0.3) is 0 Å². The van der Waals surface area contributed by atoms with Crippen LogP contribution in [0.1, 0.15) is 0 Å². The standard InChI is InChI=1S/C23H14ClN3.C21H12ClN3O.2C21H12ClN3S.C19H12ClN3.C15H10ClN3/c24-23-26-21(19-11-9-15-5-1-3-7-17(15)13-19)25-22(27-23)20-12-10-16-6-2-4-8-18(16)14-20;22-21-24-19(13-6-2-1-3-7-13)23-20(25-21)14-10-11-16-15-8-4-5-9-17(15)26-18(16)12-14;22-21-24-19(13-7-2-1-3-8-13)23-20(25-21)15-10-6-12-17-18(15)14-9-4-5-11-16(14)26-17;22-21-24-19(13-6-2-1-3-7-13)23-20(25-21)14-10-11-16-15-8-4-5-9-17(15)26-18(16)12-14;20-19-22-17(14-7-2-1-3-8-14)21-18(23-19)16-11-10-13-6-4-5-9-15(13)12-16;16-15-18-13(11-7-3-1-4-8-11)17-14(19-15)12-9-5-2-6-10-12/h1-14H;3*1-12H;1-12H;1-10H. The summed E-state index contributed by atoms with van der Waals surface area (Å²) in [6.45, 7) is 0. The Morgan fingerprint density at radius 1 is 0.150 bits per heavy atom.